The van der Waals surface area contributed by atoms with Gasteiger partial charge in [-0.2, -0.15) is 0 Å². The van der Waals surface area contributed by atoms with Crippen LogP contribution >= 0.6 is 0 Å². The van der Waals surface area contributed by atoms with Crippen LogP contribution in [0.3, 0.4) is 0 Å². The number of hydrogen-bond acceptors (Lipinski definition) is 6. The van der Waals surface area contributed by atoms with Crippen molar-refractivity contribution in [1.29, 1.82) is 0 Å². The minimum atomic E-state index is -0.503. The van der Waals surface area contributed by atoms with Crippen LogP contribution in [0, 0.1) is 5.92 Å². The molecule has 0 aliphatic heterocycles. The summed E-state index contributed by atoms with van der Waals surface area (Å²) in [5, 5.41) is 37.4. The Kier molecular flexibility index (Phi) is 16.0. The zero-order valence-electron chi connectivity index (χ0n) is 29.0. The number of unbranched alkanes of at least 4 members (excludes halogenated alkanes) is 5. The SMILES string of the molecule is CC/C=C(\C=C/C1(c2ccc(OCCO)cc2)C2=C(C(CC(CCCCCO)CCCCCCO)=CCC2)c2ccccc21)OCCO. The maximum Gasteiger partial charge on any atom is 0.119 e. The minimum absolute atomic E-state index is 0.0291. The lowest BCUT2D eigenvalue weighted by Crippen LogP contribution is -2.26. The van der Waals surface area contributed by atoms with E-state index in [0.717, 1.165) is 87.7 Å². The van der Waals surface area contributed by atoms with Crippen molar-refractivity contribution in [1.82, 2.24) is 0 Å². The number of ether oxygens (including phenoxy) is 2. The third kappa shape index (κ3) is 9.72. The predicted octanol–water partition coefficient (Wildman–Crippen LogP) is 8.19. The fourth-order valence-corrected chi connectivity index (χ4v) is 7.55. The zero-order chi connectivity index (χ0) is 34.0. The molecule has 0 spiro atoms. The van der Waals surface area contributed by atoms with Crippen LogP contribution in [0.4, 0.5) is 0 Å². The van der Waals surface area contributed by atoms with Gasteiger partial charge in [-0.05, 0) is 102 Å². The van der Waals surface area contributed by atoms with Crippen LogP contribution in [-0.2, 0) is 10.2 Å². The van der Waals surface area contributed by atoms with Crippen LogP contribution in [0.2, 0.25) is 0 Å². The smallest absolute Gasteiger partial charge is 0.119 e. The van der Waals surface area contributed by atoms with Crippen molar-refractivity contribution in [2.24, 2.45) is 5.92 Å². The summed E-state index contributed by atoms with van der Waals surface area (Å²) in [4.78, 5) is 0. The Bertz CT molecular complexity index is 1370. The first-order valence-corrected chi connectivity index (χ1v) is 18.3. The van der Waals surface area contributed by atoms with Crippen LogP contribution in [-0.4, -0.2) is 60.1 Å². The summed E-state index contributed by atoms with van der Waals surface area (Å²) in [5.74, 6) is 2.07. The molecule has 0 aromatic heterocycles. The first-order chi connectivity index (χ1) is 23.6. The Morgan fingerprint density at radius 2 is 1.50 bits per heavy atom. The number of rotatable bonds is 23. The average Bonchev–Trinajstić information content (AvgIpc) is 3.41. The minimum Gasteiger partial charge on any atom is -0.492 e. The number of benzene rings is 2. The molecule has 48 heavy (non-hydrogen) atoms. The van der Waals surface area contributed by atoms with Crippen LogP contribution in [0.15, 0.2) is 89.7 Å². The van der Waals surface area contributed by atoms with Crippen LogP contribution < -0.4 is 4.74 Å². The molecule has 0 saturated carbocycles. The second-order valence-corrected chi connectivity index (χ2v) is 13.1. The number of aliphatic hydroxyl groups excluding tert-OH is 4. The molecule has 2 aromatic carbocycles. The van der Waals surface area contributed by atoms with Gasteiger partial charge in [0.15, 0.2) is 0 Å². The maximum absolute atomic E-state index is 9.50. The molecule has 2 aliphatic carbocycles. The normalized spacial score (nSPS) is 18.2. The van der Waals surface area contributed by atoms with E-state index in [1.165, 1.54) is 40.7 Å². The maximum atomic E-state index is 9.50. The third-order valence-corrected chi connectivity index (χ3v) is 9.74. The molecular formula is C42H58O6. The van der Waals surface area contributed by atoms with Gasteiger partial charge in [0, 0.05) is 13.2 Å². The van der Waals surface area contributed by atoms with Gasteiger partial charge < -0.3 is 29.9 Å². The molecule has 2 atom stereocenters. The standard InChI is InChI=1S/C42H58O6/c1-2-13-36(47-30-28-45)24-25-42(35-20-22-37(23-21-35)48-31-29-46)39-18-9-8-17-38(39)41-34(16-12-19-40(41)42)32-33(15-7-5-11-27-44)14-6-3-4-10-26-43/h8-9,13,16-18,20-25,33,43-46H,2-7,10-12,14-15,19,26-32H2,1H3/b25-24-,36-13+. The van der Waals surface area contributed by atoms with Gasteiger partial charge in [-0.3, -0.25) is 0 Å². The summed E-state index contributed by atoms with van der Waals surface area (Å²) in [5.41, 5.74) is 7.48. The summed E-state index contributed by atoms with van der Waals surface area (Å²) in [6.45, 7) is 3.06. The van der Waals surface area contributed by atoms with Gasteiger partial charge in [0.1, 0.15) is 24.7 Å². The molecule has 4 rings (SSSR count). The molecule has 0 saturated heterocycles. The zero-order valence-corrected chi connectivity index (χ0v) is 29.0. The van der Waals surface area contributed by atoms with E-state index in [1.807, 2.05) is 12.1 Å². The molecule has 6 nitrogen and oxygen atoms in total. The predicted molar refractivity (Wildman–Crippen MR) is 195 cm³/mol. The summed E-state index contributed by atoms with van der Waals surface area (Å²) in [6, 6.07) is 17.2. The quantitative estimate of drug-likeness (QED) is 0.0546. The number of aliphatic hydroxyl groups is 4. The van der Waals surface area contributed by atoms with Crippen molar-refractivity contribution in [3.8, 4) is 5.75 Å². The molecule has 0 radical (unpaired) electrons. The highest BCUT2D eigenvalue weighted by atomic mass is 16.5. The molecule has 2 unspecified atom stereocenters. The van der Waals surface area contributed by atoms with Crippen LogP contribution in [0.25, 0.3) is 5.57 Å². The van der Waals surface area contributed by atoms with E-state index < -0.39 is 5.41 Å². The van der Waals surface area contributed by atoms with E-state index in [2.05, 4.69) is 67.6 Å². The fourth-order valence-electron chi connectivity index (χ4n) is 7.55. The Morgan fingerprint density at radius 3 is 2.19 bits per heavy atom. The van der Waals surface area contributed by atoms with Gasteiger partial charge >= 0.3 is 0 Å². The largest absolute Gasteiger partial charge is 0.492 e. The Labute approximate surface area is 288 Å². The molecule has 0 heterocycles. The van der Waals surface area contributed by atoms with E-state index in [0.29, 0.717) is 5.92 Å². The van der Waals surface area contributed by atoms with Crippen LogP contribution in [0.1, 0.15) is 107 Å². The van der Waals surface area contributed by atoms with Gasteiger partial charge in [0.05, 0.1) is 18.6 Å². The van der Waals surface area contributed by atoms with Gasteiger partial charge in [-0.1, -0.05) is 100 Å². The summed E-state index contributed by atoms with van der Waals surface area (Å²) < 4.78 is 11.7. The molecular weight excluding hydrogens is 600 g/mol. The number of fused-ring (bicyclic) bond motifs is 2. The molecule has 2 aromatic rings. The van der Waals surface area contributed by atoms with E-state index >= 15 is 0 Å². The molecule has 4 N–H and O–H groups in total. The summed E-state index contributed by atoms with van der Waals surface area (Å²) >= 11 is 0. The van der Waals surface area contributed by atoms with Crippen molar-refractivity contribution in [3.05, 3.63) is 106 Å². The lowest BCUT2D eigenvalue weighted by atomic mass is 9.69. The third-order valence-electron chi connectivity index (χ3n) is 9.74. The van der Waals surface area contributed by atoms with E-state index in [4.69, 9.17) is 9.47 Å². The van der Waals surface area contributed by atoms with Gasteiger partial charge in [0.2, 0.25) is 0 Å². The fraction of sp³-hybridized carbons (Fsp3) is 0.524. The van der Waals surface area contributed by atoms with Crippen molar-refractivity contribution in [2.75, 3.05) is 39.6 Å². The molecule has 262 valence electrons. The first-order valence-electron chi connectivity index (χ1n) is 18.3. The average molecular weight is 659 g/mol. The molecule has 0 amide bonds. The van der Waals surface area contributed by atoms with E-state index in [9.17, 15) is 20.4 Å². The van der Waals surface area contributed by atoms with Crippen molar-refractivity contribution in [2.45, 2.75) is 95.8 Å². The van der Waals surface area contributed by atoms with Gasteiger partial charge in [0.25, 0.3) is 0 Å². The first kappa shape index (κ1) is 37.7. The van der Waals surface area contributed by atoms with E-state index in [1.54, 1.807) is 0 Å². The Morgan fingerprint density at radius 1 is 0.812 bits per heavy atom. The highest BCUT2D eigenvalue weighted by molar-refractivity contribution is 5.92. The summed E-state index contributed by atoms with van der Waals surface area (Å²) in [7, 11) is 0. The monoisotopic (exact) mass is 658 g/mol. The Hall–Kier alpha value is -3.16. The van der Waals surface area contributed by atoms with Crippen molar-refractivity contribution >= 4 is 5.57 Å². The van der Waals surface area contributed by atoms with Gasteiger partial charge in [-0.15, -0.1) is 0 Å². The van der Waals surface area contributed by atoms with Crippen molar-refractivity contribution in [3.63, 3.8) is 0 Å². The highest BCUT2D eigenvalue weighted by Crippen LogP contribution is 2.57. The van der Waals surface area contributed by atoms with Crippen molar-refractivity contribution < 1.29 is 29.9 Å². The van der Waals surface area contributed by atoms with E-state index in [-0.39, 0.29) is 39.6 Å². The molecule has 2 aliphatic rings. The highest BCUT2D eigenvalue weighted by Gasteiger charge is 2.45. The molecule has 6 heteroatoms. The number of hydrogen-bond donors (Lipinski definition) is 4. The lowest BCUT2D eigenvalue weighted by molar-refractivity contribution is 0.151. The van der Waals surface area contributed by atoms with Gasteiger partial charge in [-0.25, -0.2) is 0 Å². The topological polar surface area (TPSA) is 99.4 Å². The second kappa shape index (κ2) is 20.4. The Balaban J connectivity index is 1.78. The van der Waals surface area contributed by atoms with Crippen LogP contribution in [0.5, 0.6) is 5.75 Å². The summed E-state index contributed by atoms with van der Waals surface area (Å²) in [6.07, 6.45) is 22.5. The number of allylic oxidation sites excluding steroid dienone is 7. The second-order valence-electron chi connectivity index (χ2n) is 13.1. The molecule has 0 fully saturated rings. The molecule has 0 bridgehead atoms. The lowest BCUT2D eigenvalue weighted by Gasteiger charge is -2.34.